The second-order valence-electron chi connectivity index (χ2n) is 19.7. The molecule has 0 saturated heterocycles. The predicted molar refractivity (Wildman–Crippen MR) is 276 cm³/mol. The van der Waals surface area contributed by atoms with E-state index in [1.165, 1.54) is 270 Å². The number of aliphatic hydroxyl groups is 2. The molecule has 0 rings (SSSR count). The Morgan fingerprint density at radius 2 is 0.629 bits per heavy atom. The number of hydrogen-bond acceptors (Lipinski definition) is 3. The van der Waals surface area contributed by atoms with Crippen molar-refractivity contribution in [2.45, 2.75) is 334 Å². The number of nitrogens with one attached hydrogen (secondary N) is 1. The Balaban J connectivity index is 3.42. The van der Waals surface area contributed by atoms with E-state index in [1.54, 1.807) is 6.08 Å². The number of amides is 1. The van der Waals surface area contributed by atoms with Gasteiger partial charge in [0.25, 0.3) is 0 Å². The SMILES string of the molecule is CCCCCCCCCCCCC/C=C/CC/C=C/C(O)C(CO)NC(=O)CCCCCCCCCCCCCCCCCCCCCCCCCCCCCCCCCCC. The van der Waals surface area contributed by atoms with E-state index < -0.39 is 12.1 Å². The van der Waals surface area contributed by atoms with Crippen LogP contribution in [-0.2, 0) is 4.79 Å². The highest BCUT2D eigenvalue weighted by atomic mass is 16.3. The lowest BCUT2D eigenvalue weighted by Gasteiger charge is -2.19. The fourth-order valence-electron chi connectivity index (χ4n) is 9.08. The fraction of sp³-hybridized carbons (Fsp3) is 0.914. The molecule has 3 N–H and O–H groups in total. The molecular weight excluding hydrogens is 759 g/mol. The molecule has 4 heteroatoms. The van der Waals surface area contributed by atoms with Gasteiger partial charge in [0.05, 0.1) is 18.8 Å². The summed E-state index contributed by atoms with van der Waals surface area (Å²) in [4.78, 5) is 12.5. The molecule has 0 radical (unpaired) electrons. The quantitative estimate of drug-likeness (QED) is 0.0421. The predicted octanol–water partition coefficient (Wildman–Crippen LogP) is 18.7. The van der Waals surface area contributed by atoms with Crippen molar-refractivity contribution in [2.24, 2.45) is 0 Å². The molecule has 0 aliphatic heterocycles. The number of unbranched alkanes of at least 4 members (excludes halogenated alkanes) is 44. The van der Waals surface area contributed by atoms with Crippen LogP contribution >= 0.6 is 0 Å². The van der Waals surface area contributed by atoms with E-state index in [4.69, 9.17) is 0 Å². The number of carbonyl (C=O) groups is 1. The molecule has 0 aliphatic carbocycles. The molecule has 0 aromatic rings. The van der Waals surface area contributed by atoms with Crippen molar-refractivity contribution in [2.75, 3.05) is 6.61 Å². The maximum absolute atomic E-state index is 12.5. The maximum atomic E-state index is 12.5. The molecule has 0 spiro atoms. The summed E-state index contributed by atoms with van der Waals surface area (Å²) in [6, 6.07) is -0.636. The Hall–Kier alpha value is -1.13. The van der Waals surface area contributed by atoms with Crippen molar-refractivity contribution >= 4 is 5.91 Å². The average Bonchev–Trinajstić information content (AvgIpc) is 3.28. The lowest BCUT2D eigenvalue weighted by atomic mass is 10.0. The minimum Gasteiger partial charge on any atom is -0.394 e. The molecule has 1 amide bonds. The number of rotatable bonds is 53. The van der Waals surface area contributed by atoms with Gasteiger partial charge in [-0.25, -0.2) is 0 Å². The van der Waals surface area contributed by atoms with Gasteiger partial charge in [-0.1, -0.05) is 308 Å². The molecule has 0 fully saturated rings. The van der Waals surface area contributed by atoms with Crippen molar-refractivity contribution < 1.29 is 15.0 Å². The molecule has 2 unspecified atom stereocenters. The first kappa shape index (κ1) is 60.9. The van der Waals surface area contributed by atoms with E-state index in [-0.39, 0.29) is 12.5 Å². The largest absolute Gasteiger partial charge is 0.394 e. The summed E-state index contributed by atoms with van der Waals surface area (Å²) in [5.74, 6) is -0.0671. The van der Waals surface area contributed by atoms with Crippen LogP contribution in [0.5, 0.6) is 0 Å². The fourth-order valence-corrected chi connectivity index (χ4v) is 9.08. The minimum atomic E-state index is -0.859. The molecule has 62 heavy (non-hydrogen) atoms. The van der Waals surface area contributed by atoms with Crippen LogP contribution in [0.15, 0.2) is 24.3 Å². The van der Waals surface area contributed by atoms with Crippen molar-refractivity contribution in [3.05, 3.63) is 24.3 Å². The van der Waals surface area contributed by atoms with Crippen LogP contribution in [0.4, 0.5) is 0 Å². The Morgan fingerprint density at radius 3 is 0.935 bits per heavy atom. The highest BCUT2D eigenvalue weighted by Crippen LogP contribution is 2.18. The first-order chi connectivity index (χ1) is 30.7. The summed E-state index contributed by atoms with van der Waals surface area (Å²) in [6.45, 7) is 4.33. The van der Waals surface area contributed by atoms with Gasteiger partial charge in [0, 0.05) is 6.42 Å². The third-order valence-corrected chi connectivity index (χ3v) is 13.4. The summed E-state index contributed by atoms with van der Waals surface area (Å²) in [7, 11) is 0. The van der Waals surface area contributed by atoms with E-state index in [1.807, 2.05) is 6.08 Å². The molecule has 0 aromatic heterocycles. The zero-order valence-electron chi connectivity index (χ0n) is 42.4. The standard InChI is InChI=1S/C58H113NO3/c1-3-5-7-9-11-13-15-17-19-21-22-23-24-25-26-27-28-29-30-31-32-33-34-35-36-38-40-42-44-46-48-50-52-54-58(62)59-56(55-60)57(61)53-51-49-47-45-43-41-39-37-20-18-16-14-12-10-8-6-4-2/h43,45,51,53,56-57,60-61H,3-42,44,46-50,52,54-55H2,1-2H3,(H,59,62)/b45-43+,53-51+. The van der Waals surface area contributed by atoms with Crippen molar-refractivity contribution in [1.82, 2.24) is 5.32 Å². The summed E-state index contributed by atoms with van der Waals surface area (Å²) < 4.78 is 0. The molecule has 0 heterocycles. The summed E-state index contributed by atoms with van der Waals surface area (Å²) >= 11 is 0. The Morgan fingerprint density at radius 1 is 0.371 bits per heavy atom. The normalized spacial score (nSPS) is 12.9. The van der Waals surface area contributed by atoms with Crippen LogP contribution in [0.2, 0.25) is 0 Å². The lowest BCUT2D eigenvalue weighted by molar-refractivity contribution is -0.123. The second kappa shape index (κ2) is 54.2. The van der Waals surface area contributed by atoms with Gasteiger partial charge in [0.2, 0.25) is 5.91 Å². The van der Waals surface area contributed by atoms with Gasteiger partial charge in [0.15, 0.2) is 0 Å². The third kappa shape index (κ3) is 49.9. The van der Waals surface area contributed by atoms with Gasteiger partial charge in [0.1, 0.15) is 0 Å². The van der Waals surface area contributed by atoms with Gasteiger partial charge in [-0.15, -0.1) is 0 Å². The number of aliphatic hydroxyl groups excluding tert-OH is 2. The minimum absolute atomic E-state index is 0.0671. The second-order valence-corrected chi connectivity index (χ2v) is 19.7. The highest BCUT2D eigenvalue weighted by molar-refractivity contribution is 5.76. The summed E-state index contributed by atoms with van der Waals surface area (Å²) in [5.41, 5.74) is 0. The van der Waals surface area contributed by atoms with Crippen molar-refractivity contribution in [3.8, 4) is 0 Å². The van der Waals surface area contributed by atoms with Gasteiger partial charge in [-0.05, 0) is 32.1 Å². The topological polar surface area (TPSA) is 69.6 Å². The van der Waals surface area contributed by atoms with Crippen LogP contribution in [0, 0.1) is 0 Å². The number of allylic oxidation sites excluding steroid dienone is 3. The lowest BCUT2D eigenvalue weighted by Crippen LogP contribution is -2.45. The van der Waals surface area contributed by atoms with Gasteiger partial charge in [-0.2, -0.15) is 0 Å². The van der Waals surface area contributed by atoms with Crippen LogP contribution in [-0.4, -0.2) is 34.9 Å². The maximum Gasteiger partial charge on any atom is 0.220 e. The first-order valence-corrected chi connectivity index (χ1v) is 28.6. The van der Waals surface area contributed by atoms with E-state index in [2.05, 4.69) is 31.3 Å². The molecular formula is C58H113NO3. The van der Waals surface area contributed by atoms with Crippen molar-refractivity contribution in [1.29, 1.82) is 0 Å². The molecule has 4 nitrogen and oxygen atoms in total. The first-order valence-electron chi connectivity index (χ1n) is 28.6. The van der Waals surface area contributed by atoms with Gasteiger partial charge >= 0.3 is 0 Å². The monoisotopic (exact) mass is 872 g/mol. The van der Waals surface area contributed by atoms with Crippen LogP contribution < -0.4 is 5.32 Å². The molecule has 0 aromatic carbocycles. The van der Waals surface area contributed by atoms with Crippen LogP contribution in [0.3, 0.4) is 0 Å². The number of hydrogen-bond donors (Lipinski definition) is 3. The van der Waals surface area contributed by atoms with Crippen LogP contribution in [0.1, 0.15) is 322 Å². The van der Waals surface area contributed by atoms with Gasteiger partial charge < -0.3 is 15.5 Å². The van der Waals surface area contributed by atoms with E-state index in [9.17, 15) is 15.0 Å². The molecule has 2 atom stereocenters. The molecule has 0 bridgehead atoms. The average molecular weight is 873 g/mol. The Labute approximate surface area is 389 Å². The Kier molecular flexibility index (Phi) is 53.2. The number of carbonyl (C=O) groups excluding carboxylic acids is 1. The van der Waals surface area contributed by atoms with E-state index in [0.29, 0.717) is 6.42 Å². The van der Waals surface area contributed by atoms with Crippen molar-refractivity contribution in [3.63, 3.8) is 0 Å². The summed E-state index contributed by atoms with van der Waals surface area (Å²) in [5, 5.41) is 23.1. The Bertz CT molecular complexity index is 901. The molecule has 0 saturated carbocycles. The van der Waals surface area contributed by atoms with Crippen LogP contribution in [0.25, 0.3) is 0 Å². The molecule has 368 valence electrons. The summed E-state index contributed by atoms with van der Waals surface area (Å²) in [6.07, 6.45) is 72.1. The zero-order chi connectivity index (χ0) is 44.9. The van der Waals surface area contributed by atoms with E-state index in [0.717, 1.165) is 32.1 Å². The molecule has 0 aliphatic rings. The van der Waals surface area contributed by atoms with Gasteiger partial charge in [-0.3, -0.25) is 4.79 Å². The van der Waals surface area contributed by atoms with E-state index >= 15 is 0 Å². The smallest absolute Gasteiger partial charge is 0.220 e. The third-order valence-electron chi connectivity index (χ3n) is 13.4. The zero-order valence-corrected chi connectivity index (χ0v) is 42.4. The highest BCUT2D eigenvalue weighted by Gasteiger charge is 2.18.